The maximum Gasteiger partial charge on any atom is 0.360 e. The van der Waals surface area contributed by atoms with E-state index in [0.29, 0.717) is 13.1 Å². The van der Waals surface area contributed by atoms with Gasteiger partial charge in [0.05, 0.1) is 0 Å². The van der Waals surface area contributed by atoms with Gasteiger partial charge in [-0.25, -0.2) is 9.78 Å². The van der Waals surface area contributed by atoms with Gasteiger partial charge in [0.15, 0.2) is 11.7 Å². The molecule has 21 heavy (non-hydrogen) atoms. The average molecular weight is 312 g/mol. The van der Waals surface area contributed by atoms with Crippen molar-refractivity contribution in [2.75, 3.05) is 25.4 Å². The van der Waals surface area contributed by atoms with E-state index in [4.69, 9.17) is 15.7 Å². The number of carboxylic acids is 1. The maximum atomic E-state index is 11.8. The minimum absolute atomic E-state index is 0.121. The summed E-state index contributed by atoms with van der Waals surface area (Å²) in [6, 6.07) is 0. The number of amides is 1. The van der Waals surface area contributed by atoms with Crippen LogP contribution in [0.1, 0.15) is 25.0 Å². The molecular weight excluding hydrogens is 296 g/mol. The zero-order chi connectivity index (χ0) is 15.2. The van der Waals surface area contributed by atoms with Crippen LogP contribution in [0.25, 0.3) is 0 Å². The Labute approximate surface area is 125 Å². The zero-order valence-electron chi connectivity index (χ0n) is 11.3. The number of hydrogen-bond acceptors (Lipinski definition) is 7. The van der Waals surface area contributed by atoms with E-state index in [1.807, 2.05) is 0 Å². The molecule has 0 bridgehead atoms. The molecule has 2 rings (SSSR count). The number of carbonyl (C=O) groups is 2. The summed E-state index contributed by atoms with van der Waals surface area (Å²) in [5, 5.41) is 14.3. The van der Waals surface area contributed by atoms with Gasteiger partial charge in [0.25, 0.3) is 5.91 Å². The molecule has 114 valence electrons. The number of carboxylic acid groups (broad SMARTS) is 1. The lowest BCUT2D eigenvalue weighted by atomic mass is 10.1. The van der Waals surface area contributed by atoms with Crippen LogP contribution in [-0.2, 0) is 14.4 Å². The lowest BCUT2D eigenvalue weighted by Gasteiger charge is -2.25. The highest BCUT2D eigenvalue weighted by molar-refractivity contribution is 7.13. The summed E-state index contributed by atoms with van der Waals surface area (Å²) in [5.41, 5.74) is 5.20. The van der Waals surface area contributed by atoms with Crippen LogP contribution >= 0.6 is 11.3 Å². The minimum atomic E-state index is -1.29. The van der Waals surface area contributed by atoms with Crippen LogP contribution in [0.2, 0.25) is 0 Å². The highest BCUT2D eigenvalue weighted by Gasteiger charge is 2.19. The number of thiazole rings is 1. The molecule has 0 spiro atoms. The second-order valence-corrected chi connectivity index (χ2v) is 5.42. The van der Waals surface area contributed by atoms with Gasteiger partial charge in [0.1, 0.15) is 5.69 Å². The summed E-state index contributed by atoms with van der Waals surface area (Å²) >= 11 is 1.10. The molecule has 0 atom stereocenters. The van der Waals surface area contributed by atoms with Gasteiger partial charge in [-0.05, 0) is 19.3 Å². The number of rotatable bonds is 5. The zero-order valence-corrected chi connectivity index (χ0v) is 12.1. The smallest absolute Gasteiger partial charge is 0.360 e. The summed E-state index contributed by atoms with van der Waals surface area (Å²) in [6.45, 7) is 1.14. The van der Waals surface area contributed by atoms with Gasteiger partial charge in [0.2, 0.25) is 5.71 Å². The van der Waals surface area contributed by atoms with E-state index in [2.05, 4.69) is 10.1 Å². The Morgan fingerprint density at radius 1 is 1.43 bits per heavy atom. The van der Waals surface area contributed by atoms with Crippen LogP contribution < -0.4 is 5.73 Å². The molecule has 0 aromatic carbocycles. The third-order valence-corrected chi connectivity index (χ3v) is 3.69. The summed E-state index contributed by atoms with van der Waals surface area (Å²) in [5.74, 6) is -1.48. The van der Waals surface area contributed by atoms with Crippen molar-refractivity contribution in [3.63, 3.8) is 0 Å². The first-order valence-electron chi connectivity index (χ1n) is 6.50. The Morgan fingerprint density at radius 2 is 2.14 bits per heavy atom. The van der Waals surface area contributed by atoms with E-state index in [0.717, 1.165) is 30.6 Å². The van der Waals surface area contributed by atoms with Crippen LogP contribution in [-0.4, -0.2) is 52.3 Å². The number of piperidine rings is 1. The Bertz CT molecular complexity index is 551. The van der Waals surface area contributed by atoms with E-state index in [-0.39, 0.29) is 29.1 Å². The average Bonchev–Trinajstić information content (AvgIpc) is 2.90. The molecule has 1 aliphatic rings. The highest BCUT2D eigenvalue weighted by atomic mass is 32.1. The summed E-state index contributed by atoms with van der Waals surface area (Å²) in [7, 11) is 0. The number of oxime groups is 1. The van der Waals surface area contributed by atoms with E-state index < -0.39 is 5.97 Å². The van der Waals surface area contributed by atoms with Crippen molar-refractivity contribution in [2.24, 2.45) is 5.16 Å². The van der Waals surface area contributed by atoms with Crippen molar-refractivity contribution in [2.45, 2.75) is 19.3 Å². The molecule has 1 aromatic rings. The lowest BCUT2D eigenvalue weighted by molar-refractivity contribution is -0.137. The van der Waals surface area contributed by atoms with Gasteiger partial charge in [-0.1, -0.05) is 5.16 Å². The van der Waals surface area contributed by atoms with Crippen molar-refractivity contribution in [3.8, 4) is 0 Å². The molecular formula is C12H16N4O4S. The quantitative estimate of drug-likeness (QED) is 0.605. The molecule has 2 heterocycles. The topological polar surface area (TPSA) is 118 Å². The van der Waals surface area contributed by atoms with Crippen molar-refractivity contribution in [3.05, 3.63) is 11.1 Å². The predicted octanol–water partition coefficient (Wildman–Crippen LogP) is 0.543. The second-order valence-electron chi connectivity index (χ2n) is 4.53. The number of likely N-dealkylation sites (tertiary alicyclic amines) is 1. The Kier molecular flexibility index (Phi) is 5.09. The third-order valence-electron chi connectivity index (χ3n) is 3.02. The molecule has 1 fully saturated rings. The highest BCUT2D eigenvalue weighted by Crippen LogP contribution is 2.12. The number of anilines is 1. The minimum Gasteiger partial charge on any atom is -0.476 e. The van der Waals surface area contributed by atoms with Crippen molar-refractivity contribution in [1.29, 1.82) is 0 Å². The molecule has 0 unspecified atom stereocenters. The molecule has 0 aliphatic carbocycles. The number of carbonyl (C=O) groups excluding carboxylic acids is 1. The summed E-state index contributed by atoms with van der Waals surface area (Å²) in [6.07, 6.45) is 3.08. The number of nitrogen functional groups attached to an aromatic ring is 1. The van der Waals surface area contributed by atoms with E-state index in [1.165, 1.54) is 5.38 Å². The first kappa shape index (κ1) is 15.2. The second kappa shape index (κ2) is 7.02. The van der Waals surface area contributed by atoms with E-state index in [9.17, 15) is 9.59 Å². The van der Waals surface area contributed by atoms with Crippen molar-refractivity contribution in [1.82, 2.24) is 9.88 Å². The van der Waals surface area contributed by atoms with Crippen molar-refractivity contribution >= 4 is 34.1 Å². The maximum absolute atomic E-state index is 11.8. The first-order valence-corrected chi connectivity index (χ1v) is 7.38. The molecule has 1 aliphatic heterocycles. The Morgan fingerprint density at radius 3 is 2.71 bits per heavy atom. The van der Waals surface area contributed by atoms with Crippen LogP contribution in [0.3, 0.4) is 0 Å². The molecule has 9 heteroatoms. The molecule has 1 saturated heterocycles. The molecule has 1 aromatic heterocycles. The number of hydrogen-bond donors (Lipinski definition) is 2. The Hall–Kier alpha value is -2.16. The van der Waals surface area contributed by atoms with Crippen LogP contribution in [0.5, 0.6) is 0 Å². The van der Waals surface area contributed by atoms with Gasteiger partial charge in [-0.3, -0.25) is 4.79 Å². The number of aromatic nitrogens is 1. The lowest BCUT2D eigenvalue weighted by Crippen LogP contribution is -2.37. The summed E-state index contributed by atoms with van der Waals surface area (Å²) < 4.78 is 0. The Balaban J connectivity index is 1.94. The molecule has 0 radical (unpaired) electrons. The van der Waals surface area contributed by atoms with Crippen LogP contribution in [0.15, 0.2) is 10.5 Å². The fraction of sp³-hybridized carbons (Fsp3) is 0.500. The molecule has 1 amide bonds. The monoisotopic (exact) mass is 312 g/mol. The van der Waals surface area contributed by atoms with Crippen molar-refractivity contribution < 1.29 is 19.5 Å². The van der Waals surface area contributed by atoms with Gasteiger partial charge < -0.3 is 20.6 Å². The number of nitrogens with two attached hydrogens (primary N) is 1. The van der Waals surface area contributed by atoms with E-state index in [1.54, 1.807) is 4.90 Å². The normalized spacial score (nSPS) is 15.8. The van der Waals surface area contributed by atoms with Gasteiger partial charge in [-0.2, -0.15) is 0 Å². The largest absolute Gasteiger partial charge is 0.476 e. The molecule has 8 nitrogen and oxygen atoms in total. The van der Waals surface area contributed by atoms with E-state index >= 15 is 0 Å². The fourth-order valence-corrected chi connectivity index (χ4v) is 2.53. The van der Waals surface area contributed by atoms with Crippen LogP contribution in [0.4, 0.5) is 5.13 Å². The number of nitrogens with zero attached hydrogens (tertiary/aromatic N) is 3. The SMILES string of the molecule is Nc1nc(C(=NOCC(=O)N2CCCCC2)C(=O)O)cs1. The molecule has 0 saturated carbocycles. The molecule has 3 N–H and O–H groups in total. The van der Waals surface area contributed by atoms with Gasteiger partial charge in [-0.15, -0.1) is 11.3 Å². The number of aliphatic carboxylic acids is 1. The van der Waals surface area contributed by atoms with Gasteiger partial charge >= 0.3 is 5.97 Å². The van der Waals surface area contributed by atoms with Gasteiger partial charge in [0, 0.05) is 18.5 Å². The van der Waals surface area contributed by atoms with Crippen LogP contribution in [0, 0.1) is 0 Å². The first-order chi connectivity index (χ1) is 10.1. The predicted molar refractivity (Wildman–Crippen MR) is 77.1 cm³/mol. The standard InChI is InChI=1S/C12H16N4O4S/c13-12-14-8(7-21-12)10(11(18)19)15-20-6-9(17)16-4-2-1-3-5-16/h7H,1-6H2,(H2,13,14)(H,18,19). The fourth-order valence-electron chi connectivity index (χ4n) is 1.98. The summed E-state index contributed by atoms with van der Waals surface area (Å²) in [4.78, 5) is 33.3. The third kappa shape index (κ3) is 4.15.